The van der Waals surface area contributed by atoms with Crippen LogP contribution in [0, 0.1) is 18.8 Å². The average Bonchev–Trinajstić information content (AvgIpc) is 3.06. The summed E-state index contributed by atoms with van der Waals surface area (Å²) >= 11 is 0. The van der Waals surface area contributed by atoms with Crippen LogP contribution in [0.15, 0.2) is 18.2 Å². The van der Waals surface area contributed by atoms with Gasteiger partial charge in [-0.2, -0.15) is 0 Å². The van der Waals surface area contributed by atoms with Gasteiger partial charge in [-0.3, -0.25) is 9.59 Å². The predicted molar refractivity (Wildman–Crippen MR) is 101 cm³/mol. The largest absolute Gasteiger partial charge is 0.378 e. The highest BCUT2D eigenvalue weighted by Crippen LogP contribution is 2.34. The Labute approximate surface area is 159 Å². The first-order valence-corrected chi connectivity index (χ1v) is 9.40. The molecule has 1 saturated carbocycles. The van der Waals surface area contributed by atoms with Crippen molar-refractivity contribution < 1.29 is 23.9 Å². The Balaban J connectivity index is 1.68. The van der Waals surface area contributed by atoms with Gasteiger partial charge in [-0.1, -0.05) is 0 Å². The van der Waals surface area contributed by atoms with Gasteiger partial charge < -0.3 is 24.5 Å². The van der Waals surface area contributed by atoms with Crippen molar-refractivity contribution in [3.05, 3.63) is 23.8 Å². The number of rotatable bonds is 6. The average molecular weight is 374 g/mol. The SMILES string of the molecule is CCO[C@H]1CC(C=O)[C@@H](C(=O)Nc2ccc(N3CCOCC3=O)c(C)c2)C1. The van der Waals surface area contributed by atoms with Crippen LogP contribution >= 0.6 is 0 Å². The number of aldehydes is 1. The minimum Gasteiger partial charge on any atom is -0.378 e. The Kier molecular flexibility index (Phi) is 6.23. The van der Waals surface area contributed by atoms with E-state index in [-0.39, 0.29) is 36.4 Å². The third kappa shape index (κ3) is 4.36. The molecule has 2 aliphatic rings. The summed E-state index contributed by atoms with van der Waals surface area (Å²) in [7, 11) is 0. The second-order valence-electron chi connectivity index (χ2n) is 7.04. The fraction of sp³-hybridized carbons (Fsp3) is 0.550. The molecule has 1 aromatic rings. The lowest BCUT2D eigenvalue weighted by molar-refractivity contribution is -0.125. The molecule has 1 saturated heterocycles. The van der Waals surface area contributed by atoms with Gasteiger partial charge in [-0.25, -0.2) is 0 Å². The normalized spacial score (nSPS) is 25.5. The molecule has 7 nitrogen and oxygen atoms in total. The Hall–Kier alpha value is -2.25. The fourth-order valence-electron chi connectivity index (χ4n) is 3.89. The van der Waals surface area contributed by atoms with E-state index in [0.29, 0.717) is 38.3 Å². The first kappa shape index (κ1) is 19.5. The minimum atomic E-state index is -0.375. The number of anilines is 2. The highest BCUT2D eigenvalue weighted by Gasteiger charge is 2.39. The maximum atomic E-state index is 12.7. The second kappa shape index (κ2) is 8.63. The van der Waals surface area contributed by atoms with Crippen molar-refractivity contribution in [2.24, 2.45) is 11.8 Å². The van der Waals surface area contributed by atoms with E-state index in [2.05, 4.69) is 5.32 Å². The standard InChI is InChI=1S/C20H26N2O5/c1-3-27-16-9-14(11-23)17(10-16)20(25)21-15-4-5-18(13(2)8-15)22-6-7-26-12-19(22)24/h4-5,8,11,14,16-17H,3,6-7,9-10,12H2,1-2H3,(H,21,25)/t14?,16-,17-/m0/s1. The molecule has 1 N–H and O–H groups in total. The number of carbonyl (C=O) groups excluding carboxylic acids is 3. The van der Waals surface area contributed by atoms with Crippen LogP contribution in [0.5, 0.6) is 0 Å². The van der Waals surface area contributed by atoms with Crippen molar-refractivity contribution >= 4 is 29.5 Å². The highest BCUT2D eigenvalue weighted by molar-refractivity contribution is 5.97. The molecule has 3 atom stereocenters. The number of ether oxygens (including phenoxy) is 2. The summed E-state index contributed by atoms with van der Waals surface area (Å²) in [6.07, 6.45) is 1.97. The van der Waals surface area contributed by atoms with Crippen LogP contribution < -0.4 is 10.2 Å². The van der Waals surface area contributed by atoms with E-state index in [9.17, 15) is 14.4 Å². The van der Waals surface area contributed by atoms with Crippen molar-refractivity contribution in [2.75, 3.05) is 36.6 Å². The van der Waals surface area contributed by atoms with E-state index >= 15 is 0 Å². The maximum absolute atomic E-state index is 12.7. The number of morpholine rings is 1. The molecule has 1 unspecified atom stereocenters. The van der Waals surface area contributed by atoms with Crippen molar-refractivity contribution in [1.82, 2.24) is 0 Å². The predicted octanol–water partition coefficient (Wildman–Crippen LogP) is 1.93. The Morgan fingerprint density at radius 1 is 1.41 bits per heavy atom. The van der Waals surface area contributed by atoms with Crippen LogP contribution in [-0.4, -0.2) is 50.6 Å². The molecule has 27 heavy (non-hydrogen) atoms. The van der Waals surface area contributed by atoms with E-state index in [1.165, 1.54) is 0 Å². The third-order valence-corrected chi connectivity index (χ3v) is 5.22. The molecule has 0 aromatic heterocycles. The third-order valence-electron chi connectivity index (χ3n) is 5.22. The molecule has 1 aliphatic carbocycles. The molecule has 0 radical (unpaired) electrons. The minimum absolute atomic E-state index is 0.0441. The molecule has 3 rings (SSSR count). The molecular weight excluding hydrogens is 348 g/mol. The zero-order valence-electron chi connectivity index (χ0n) is 15.8. The number of amides is 2. The number of nitrogens with zero attached hydrogens (tertiary/aromatic N) is 1. The van der Waals surface area contributed by atoms with Gasteiger partial charge in [-0.15, -0.1) is 0 Å². The lowest BCUT2D eigenvalue weighted by atomic mass is 9.96. The van der Waals surface area contributed by atoms with Gasteiger partial charge in [0.2, 0.25) is 5.91 Å². The van der Waals surface area contributed by atoms with Gasteiger partial charge in [0.05, 0.1) is 18.6 Å². The van der Waals surface area contributed by atoms with Crippen LogP contribution in [-0.2, 0) is 23.9 Å². The monoisotopic (exact) mass is 374 g/mol. The second-order valence-corrected chi connectivity index (χ2v) is 7.04. The molecule has 0 spiro atoms. The van der Waals surface area contributed by atoms with Gasteiger partial charge in [-0.05, 0) is 50.5 Å². The number of carbonyl (C=O) groups is 3. The zero-order chi connectivity index (χ0) is 19.4. The molecule has 146 valence electrons. The summed E-state index contributed by atoms with van der Waals surface area (Å²) in [5.74, 6) is -0.917. The Morgan fingerprint density at radius 2 is 2.22 bits per heavy atom. The van der Waals surface area contributed by atoms with Gasteiger partial charge in [0, 0.05) is 30.4 Å². The molecule has 1 aromatic carbocycles. The smallest absolute Gasteiger partial charge is 0.253 e. The lowest BCUT2D eigenvalue weighted by Gasteiger charge is -2.28. The summed E-state index contributed by atoms with van der Waals surface area (Å²) in [4.78, 5) is 37.8. The lowest BCUT2D eigenvalue weighted by Crippen LogP contribution is -2.42. The number of nitrogens with one attached hydrogen (secondary N) is 1. The zero-order valence-corrected chi connectivity index (χ0v) is 15.8. The summed E-state index contributed by atoms with van der Waals surface area (Å²) in [5, 5.41) is 2.91. The molecule has 2 amide bonds. The molecule has 1 heterocycles. The van der Waals surface area contributed by atoms with Crippen LogP contribution in [0.4, 0.5) is 11.4 Å². The summed E-state index contributed by atoms with van der Waals surface area (Å²) < 4.78 is 10.8. The van der Waals surface area contributed by atoms with E-state index < -0.39 is 0 Å². The van der Waals surface area contributed by atoms with Gasteiger partial charge in [0.1, 0.15) is 12.9 Å². The first-order chi connectivity index (χ1) is 13.0. The summed E-state index contributed by atoms with van der Waals surface area (Å²) in [6, 6.07) is 5.47. The Morgan fingerprint density at radius 3 is 2.89 bits per heavy atom. The van der Waals surface area contributed by atoms with Crippen LogP contribution in [0.2, 0.25) is 0 Å². The van der Waals surface area contributed by atoms with E-state index in [1.54, 1.807) is 11.0 Å². The number of hydrogen-bond acceptors (Lipinski definition) is 5. The first-order valence-electron chi connectivity index (χ1n) is 9.40. The van der Waals surface area contributed by atoms with E-state index in [0.717, 1.165) is 17.5 Å². The molecular formula is C20H26N2O5. The van der Waals surface area contributed by atoms with Crippen molar-refractivity contribution in [2.45, 2.75) is 32.8 Å². The highest BCUT2D eigenvalue weighted by atomic mass is 16.5. The van der Waals surface area contributed by atoms with Gasteiger partial charge >= 0.3 is 0 Å². The number of benzene rings is 1. The topological polar surface area (TPSA) is 84.9 Å². The van der Waals surface area contributed by atoms with Crippen LogP contribution in [0.3, 0.4) is 0 Å². The quantitative estimate of drug-likeness (QED) is 0.769. The van der Waals surface area contributed by atoms with Crippen molar-refractivity contribution in [3.63, 3.8) is 0 Å². The summed E-state index contributed by atoms with van der Waals surface area (Å²) in [6.45, 7) is 5.52. The molecule has 2 fully saturated rings. The van der Waals surface area contributed by atoms with Crippen LogP contribution in [0.25, 0.3) is 0 Å². The van der Waals surface area contributed by atoms with Crippen LogP contribution in [0.1, 0.15) is 25.3 Å². The fourth-order valence-corrected chi connectivity index (χ4v) is 3.89. The van der Waals surface area contributed by atoms with E-state index in [4.69, 9.17) is 9.47 Å². The van der Waals surface area contributed by atoms with Gasteiger partial charge in [0.15, 0.2) is 0 Å². The maximum Gasteiger partial charge on any atom is 0.253 e. The molecule has 0 bridgehead atoms. The molecule has 7 heteroatoms. The van der Waals surface area contributed by atoms with E-state index in [1.807, 2.05) is 26.0 Å². The van der Waals surface area contributed by atoms with Crippen molar-refractivity contribution in [3.8, 4) is 0 Å². The number of aryl methyl sites for hydroxylation is 1. The Bertz CT molecular complexity index is 720. The van der Waals surface area contributed by atoms with Crippen molar-refractivity contribution in [1.29, 1.82) is 0 Å². The summed E-state index contributed by atoms with van der Waals surface area (Å²) in [5.41, 5.74) is 2.38. The van der Waals surface area contributed by atoms with Gasteiger partial charge in [0.25, 0.3) is 5.91 Å². The number of hydrogen-bond donors (Lipinski definition) is 1. The molecule has 1 aliphatic heterocycles.